The van der Waals surface area contributed by atoms with Gasteiger partial charge in [-0.2, -0.15) is 0 Å². The Bertz CT molecular complexity index is 583. The van der Waals surface area contributed by atoms with Crippen molar-refractivity contribution in [3.8, 4) is 0 Å². The van der Waals surface area contributed by atoms with Crippen molar-refractivity contribution < 1.29 is 0 Å². The molecule has 1 atom stereocenters. The average molecular weight is 298 g/mol. The highest BCUT2D eigenvalue weighted by Gasteiger charge is 2.23. The van der Waals surface area contributed by atoms with Crippen LogP contribution in [0.3, 0.4) is 0 Å². The molecule has 0 amide bonds. The first-order valence-corrected chi connectivity index (χ1v) is 7.82. The van der Waals surface area contributed by atoms with Crippen molar-refractivity contribution >= 4 is 11.8 Å². The first-order chi connectivity index (χ1) is 10.7. The number of rotatable bonds is 4. The van der Waals surface area contributed by atoms with Crippen LogP contribution in [0.25, 0.3) is 0 Å². The minimum absolute atomic E-state index is 0.477. The van der Waals surface area contributed by atoms with Gasteiger partial charge in [-0.1, -0.05) is 0 Å². The summed E-state index contributed by atoms with van der Waals surface area (Å²) in [4.78, 5) is 19.8. The Labute approximate surface area is 131 Å². The number of hydrogen-bond acceptors (Lipinski definition) is 6. The van der Waals surface area contributed by atoms with Crippen LogP contribution in [-0.4, -0.2) is 44.0 Å². The van der Waals surface area contributed by atoms with Gasteiger partial charge in [-0.25, -0.2) is 15.0 Å². The number of piperidine rings is 1. The predicted molar refractivity (Wildman–Crippen MR) is 86.0 cm³/mol. The molecule has 0 spiro atoms. The van der Waals surface area contributed by atoms with Gasteiger partial charge in [0.05, 0.1) is 18.1 Å². The Morgan fingerprint density at radius 1 is 1.14 bits per heavy atom. The van der Waals surface area contributed by atoms with E-state index in [2.05, 4.69) is 44.0 Å². The molecule has 3 rings (SSSR count). The second kappa shape index (κ2) is 6.79. The van der Waals surface area contributed by atoms with Crippen LogP contribution in [0.1, 0.15) is 38.3 Å². The Morgan fingerprint density at radius 2 is 1.95 bits per heavy atom. The van der Waals surface area contributed by atoms with Gasteiger partial charge in [0, 0.05) is 30.9 Å². The van der Waals surface area contributed by atoms with E-state index in [1.165, 1.54) is 19.4 Å². The van der Waals surface area contributed by atoms with Gasteiger partial charge >= 0.3 is 0 Å². The summed E-state index contributed by atoms with van der Waals surface area (Å²) in [5, 5.41) is 3.05. The fraction of sp³-hybridized carbons (Fsp3) is 0.500. The Morgan fingerprint density at radius 3 is 2.64 bits per heavy atom. The molecule has 116 valence electrons. The lowest BCUT2D eigenvalue weighted by Gasteiger charge is -2.35. The Balaban J connectivity index is 1.66. The van der Waals surface area contributed by atoms with E-state index in [1.54, 1.807) is 24.7 Å². The number of nitrogens with one attached hydrogen (secondary N) is 1. The molecular weight excluding hydrogens is 276 g/mol. The van der Waals surface area contributed by atoms with Crippen molar-refractivity contribution in [2.45, 2.75) is 38.6 Å². The highest BCUT2D eigenvalue weighted by molar-refractivity contribution is 5.45. The van der Waals surface area contributed by atoms with Gasteiger partial charge in [-0.15, -0.1) is 0 Å². The van der Waals surface area contributed by atoms with E-state index in [9.17, 15) is 0 Å². The average Bonchev–Trinajstić information content (AvgIpc) is 2.56. The van der Waals surface area contributed by atoms with E-state index in [0.29, 0.717) is 23.7 Å². The second-order valence-corrected chi connectivity index (χ2v) is 5.95. The summed E-state index contributed by atoms with van der Waals surface area (Å²) in [6, 6.07) is 2.37. The maximum atomic E-state index is 4.59. The molecule has 6 heteroatoms. The zero-order valence-corrected chi connectivity index (χ0v) is 13.1. The molecule has 0 saturated carbocycles. The largest absolute Gasteiger partial charge is 0.307 e. The SMILES string of the molecule is CC(C)N1CCC[C@@H](c2cnc(Nc3ncccn3)cn2)C1. The van der Waals surface area contributed by atoms with Crippen LogP contribution in [0.15, 0.2) is 30.9 Å². The van der Waals surface area contributed by atoms with Gasteiger partial charge in [0.1, 0.15) is 0 Å². The van der Waals surface area contributed by atoms with Crippen LogP contribution in [0.5, 0.6) is 0 Å². The molecule has 0 aromatic carbocycles. The minimum Gasteiger partial charge on any atom is -0.307 e. The number of likely N-dealkylation sites (tertiary alicyclic amines) is 1. The van der Waals surface area contributed by atoms with Crippen LogP contribution < -0.4 is 5.32 Å². The normalized spacial score (nSPS) is 19.3. The highest BCUT2D eigenvalue weighted by Crippen LogP contribution is 2.26. The lowest BCUT2D eigenvalue weighted by Crippen LogP contribution is -2.39. The van der Waals surface area contributed by atoms with Crippen LogP contribution in [-0.2, 0) is 0 Å². The van der Waals surface area contributed by atoms with Crippen molar-refractivity contribution in [3.63, 3.8) is 0 Å². The van der Waals surface area contributed by atoms with Gasteiger partial charge in [0.15, 0.2) is 5.82 Å². The lowest BCUT2D eigenvalue weighted by atomic mass is 9.94. The fourth-order valence-electron chi connectivity index (χ4n) is 2.81. The zero-order chi connectivity index (χ0) is 15.4. The van der Waals surface area contributed by atoms with E-state index in [4.69, 9.17) is 0 Å². The zero-order valence-electron chi connectivity index (χ0n) is 13.1. The highest BCUT2D eigenvalue weighted by atomic mass is 15.2. The summed E-state index contributed by atoms with van der Waals surface area (Å²) >= 11 is 0. The standard InChI is InChI=1S/C16H22N6/c1-12(2)22-8-3-5-13(11-22)14-9-20-15(10-19-14)21-16-17-6-4-7-18-16/h4,6-7,9-10,12-13H,3,5,8,11H2,1-2H3,(H,17,18,20,21)/t13-/m1/s1. The molecule has 0 bridgehead atoms. The monoisotopic (exact) mass is 298 g/mol. The summed E-state index contributed by atoms with van der Waals surface area (Å²) in [5.74, 6) is 1.69. The molecule has 3 heterocycles. The van der Waals surface area contributed by atoms with Gasteiger partial charge in [-0.3, -0.25) is 4.98 Å². The molecule has 0 radical (unpaired) electrons. The Kier molecular flexibility index (Phi) is 4.58. The van der Waals surface area contributed by atoms with E-state index >= 15 is 0 Å². The summed E-state index contributed by atoms with van der Waals surface area (Å²) < 4.78 is 0. The summed E-state index contributed by atoms with van der Waals surface area (Å²) in [7, 11) is 0. The predicted octanol–water partition coefficient (Wildman–Crippen LogP) is 2.60. The molecule has 22 heavy (non-hydrogen) atoms. The molecule has 1 aliphatic rings. The maximum Gasteiger partial charge on any atom is 0.228 e. The quantitative estimate of drug-likeness (QED) is 0.936. The first kappa shape index (κ1) is 14.8. The summed E-state index contributed by atoms with van der Waals surface area (Å²) in [6.07, 6.45) is 9.44. The summed E-state index contributed by atoms with van der Waals surface area (Å²) in [6.45, 7) is 6.76. The molecule has 0 aliphatic carbocycles. The summed E-state index contributed by atoms with van der Waals surface area (Å²) in [5.41, 5.74) is 1.07. The number of anilines is 2. The van der Waals surface area contributed by atoms with E-state index in [-0.39, 0.29) is 0 Å². The Hall–Kier alpha value is -2.08. The molecule has 1 N–H and O–H groups in total. The van der Waals surface area contributed by atoms with Crippen LogP contribution in [0, 0.1) is 0 Å². The molecular formula is C16H22N6. The maximum absolute atomic E-state index is 4.59. The molecule has 1 fully saturated rings. The van der Waals surface area contributed by atoms with Crippen LogP contribution in [0.4, 0.5) is 11.8 Å². The van der Waals surface area contributed by atoms with Crippen molar-refractivity contribution in [2.24, 2.45) is 0 Å². The third-order valence-electron chi connectivity index (χ3n) is 4.08. The van der Waals surface area contributed by atoms with E-state index in [0.717, 1.165) is 12.2 Å². The number of nitrogens with zero attached hydrogens (tertiary/aromatic N) is 5. The van der Waals surface area contributed by atoms with E-state index in [1.807, 2.05) is 6.20 Å². The number of hydrogen-bond donors (Lipinski definition) is 1. The molecule has 2 aromatic heterocycles. The lowest BCUT2D eigenvalue weighted by molar-refractivity contribution is 0.166. The first-order valence-electron chi connectivity index (χ1n) is 7.82. The molecule has 1 aliphatic heterocycles. The van der Waals surface area contributed by atoms with Gasteiger partial charge in [-0.05, 0) is 39.3 Å². The molecule has 6 nitrogen and oxygen atoms in total. The van der Waals surface area contributed by atoms with Crippen LogP contribution >= 0.6 is 0 Å². The van der Waals surface area contributed by atoms with Crippen molar-refractivity contribution in [1.82, 2.24) is 24.8 Å². The van der Waals surface area contributed by atoms with Crippen molar-refractivity contribution in [2.75, 3.05) is 18.4 Å². The van der Waals surface area contributed by atoms with Crippen molar-refractivity contribution in [3.05, 3.63) is 36.5 Å². The van der Waals surface area contributed by atoms with Gasteiger partial charge < -0.3 is 10.2 Å². The van der Waals surface area contributed by atoms with E-state index < -0.39 is 0 Å². The third-order valence-corrected chi connectivity index (χ3v) is 4.08. The molecule has 2 aromatic rings. The smallest absolute Gasteiger partial charge is 0.228 e. The minimum atomic E-state index is 0.477. The third kappa shape index (κ3) is 3.57. The van der Waals surface area contributed by atoms with Crippen molar-refractivity contribution in [1.29, 1.82) is 0 Å². The fourth-order valence-corrected chi connectivity index (χ4v) is 2.81. The van der Waals surface area contributed by atoms with Crippen LogP contribution in [0.2, 0.25) is 0 Å². The topological polar surface area (TPSA) is 66.8 Å². The second-order valence-electron chi connectivity index (χ2n) is 5.95. The molecule has 1 saturated heterocycles. The van der Waals surface area contributed by atoms with Gasteiger partial charge in [0.25, 0.3) is 0 Å². The number of aromatic nitrogens is 4. The van der Waals surface area contributed by atoms with Gasteiger partial charge in [0.2, 0.25) is 5.95 Å². The molecule has 0 unspecified atom stereocenters.